The highest BCUT2D eigenvalue weighted by Gasteiger charge is 2.12. The minimum Gasteiger partial charge on any atom is -0.497 e. The summed E-state index contributed by atoms with van der Waals surface area (Å²) in [4.78, 5) is 18.0. The topological polar surface area (TPSA) is 60.5 Å². The van der Waals surface area contributed by atoms with Crippen molar-refractivity contribution in [1.29, 1.82) is 0 Å². The Bertz CT molecular complexity index is 980. The number of amides is 1. The lowest BCUT2D eigenvalue weighted by molar-refractivity contribution is -0.116. The predicted octanol–water partition coefficient (Wildman–Crippen LogP) is 5.54. The van der Waals surface area contributed by atoms with Crippen LogP contribution in [0.4, 0.5) is 5.13 Å². The molecule has 29 heavy (non-hydrogen) atoms. The third-order valence-corrected chi connectivity index (χ3v) is 5.59. The summed E-state index contributed by atoms with van der Waals surface area (Å²) in [6.45, 7) is 6.69. The summed E-state index contributed by atoms with van der Waals surface area (Å²) in [7, 11) is 1.63. The molecule has 1 N–H and O–H groups in total. The first-order valence-electron chi connectivity index (χ1n) is 9.58. The van der Waals surface area contributed by atoms with E-state index in [1.807, 2.05) is 31.2 Å². The second-order valence-electron chi connectivity index (χ2n) is 6.90. The highest BCUT2D eigenvalue weighted by Crippen LogP contribution is 2.31. The van der Waals surface area contributed by atoms with E-state index in [0.717, 1.165) is 27.6 Å². The molecule has 6 heteroatoms. The summed E-state index contributed by atoms with van der Waals surface area (Å²) >= 11 is 1.50. The Labute approximate surface area is 175 Å². The lowest BCUT2D eigenvalue weighted by atomic mass is 10.0. The fourth-order valence-corrected chi connectivity index (χ4v) is 3.73. The number of methoxy groups -OCH3 is 1. The van der Waals surface area contributed by atoms with Gasteiger partial charge in [0.05, 0.1) is 19.4 Å². The van der Waals surface area contributed by atoms with E-state index in [9.17, 15) is 4.79 Å². The second-order valence-corrected chi connectivity index (χ2v) is 8.10. The molecule has 0 aliphatic carbocycles. The van der Waals surface area contributed by atoms with Crippen LogP contribution in [0.1, 0.15) is 28.8 Å². The van der Waals surface area contributed by atoms with Gasteiger partial charge in [-0.3, -0.25) is 4.79 Å². The molecule has 0 atom stereocenters. The van der Waals surface area contributed by atoms with Crippen LogP contribution >= 0.6 is 11.3 Å². The average molecular weight is 411 g/mol. The van der Waals surface area contributed by atoms with Gasteiger partial charge in [0.1, 0.15) is 11.5 Å². The number of nitrogens with one attached hydrogen (secondary N) is 1. The summed E-state index contributed by atoms with van der Waals surface area (Å²) in [6, 6.07) is 13.7. The summed E-state index contributed by atoms with van der Waals surface area (Å²) in [5.74, 6) is 1.50. The molecule has 0 saturated carbocycles. The number of hydrogen-bond acceptors (Lipinski definition) is 5. The maximum Gasteiger partial charge on any atom is 0.226 e. The molecule has 3 aromatic rings. The molecular weight excluding hydrogens is 384 g/mol. The van der Waals surface area contributed by atoms with Crippen LogP contribution < -0.4 is 14.8 Å². The number of nitrogens with zero attached hydrogens (tertiary/aromatic N) is 1. The molecule has 1 aromatic heterocycles. The number of aromatic nitrogens is 1. The van der Waals surface area contributed by atoms with E-state index in [2.05, 4.69) is 42.3 Å². The maximum atomic E-state index is 12.2. The van der Waals surface area contributed by atoms with E-state index in [0.29, 0.717) is 24.6 Å². The molecule has 0 spiro atoms. The van der Waals surface area contributed by atoms with E-state index in [1.165, 1.54) is 22.5 Å². The van der Waals surface area contributed by atoms with Gasteiger partial charge < -0.3 is 14.8 Å². The standard InChI is InChI=1S/C23H26N2O3S/c1-15-7-8-18(14-16(15)2)22-17(3)29-23(25-22)24-21(26)6-5-13-28-20-11-9-19(27-4)10-12-20/h7-12,14H,5-6,13H2,1-4H3,(H,24,25,26). The minimum absolute atomic E-state index is 0.0521. The van der Waals surface area contributed by atoms with Gasteiger partial charge in [0.25, 0.3) is 0 Å². The molecule has 0 radical (unpaired) electrons. The van der Waals surface area contributed by atoms with Crippen molar-refractivity contribution in [1.82, 2.24) is 4.98 Å². The van der Waals surface area contributed by atoms with E-state index < -0.39 is 0 Å². The van der Waals surface area contributed by atoms with Gasteiger partial charge in [-0.05, 0) is 68.7 Å². The third-order valence-electron chi connectivity index (χ3n) is 4.70. The Morgan fingerprint density at radius 1 is 1.03 bits per heavy atom. The molecule has 5 nitrogen and oxygen atoms in total. The van der Waals surface area contributed by atoms with Gasteiger partial charge in [0, 0.05) is 16.9 Å². The minimum atomic E-state index is -0.0521. The Kier molecular flexibility index (Phi) is 6.88. The fraction of sp³-hybridized carbons (Fsp3) is 0.304. The van der Waals surface area contributed by atoms with Crippen LogP contribution in [-0.4, -0.2) is 24.6 Å². The molecule has 0 aliphatic rings. The van der Waals surface area contributed by atoms with E-state index in [1.54, 1.807) is 7.11 Å². The summed E-state index contributed by atoms with van der Waals surface area (Å²) in [5, 5.41) is 3.54. The second kappa shape index (κ2) is 9.56. The zero-order valence-electron chi connectivity index (χ0n) is 17.2. The number of carbonyl (C=O) groups is 1. The SMILES string of the molecule is COc1ccc(OCCCC(=O)Nc2nc(-c3ccc(C)c(C)c3)c(C)s2)cc1. The molecular formula is C23H26N2O3S. The van der Waals surface area contributed by atoms with Crippen molar-refractivity contribution >= 4 is 22.4 Å². The molecule has 3 rings (SSSR count). The molecule has 0 unspecified atom stereocenters. The molecule has 0 saturated heterocycles. The van der Waals surface area contributed by atoms with Crippen LogP contribution in [0.25, 0.3) is 11.3 Å². The summed E-state index contributed by atoms with van der Waals surface area (Å²) < 4.78 is 10.8. The molecule has 152 valence electrons. The summed E-state index contributed by atoms with van der Waals surface area (Å²) in [5.41, 5.74) is 4.50. The third kappa shape index (κ3) is 5.57. The lowest BCUT2D eigenvalue weighted by Gasteiger charge is -2.07. The zero-order chi connectivity index (χ0) is 20.8. The van der Waals surface area contributed by atoms with Crippen LogP contribution in [0.5, 0.6) is 11.5 Å². The van der Waals surface area contributed by atoms with Crippen LogP contribution in [0, 0.1) is 20.8 Å². The van der Waals surface area contributed by atoms with Crippen LogP contribution in [0.15, 0.2) is 42.5 Å². The van der Waals surface area contributed by atoms with E-state index in [-0.39, 0.29) is 5.91 Å². The Morgan fingerprint density at radius 3 is 2.45 bits per heavy atom. The zero-order valence-corrected chi connectivity index (χ0v) is 18.1. The van der Waals surface area contributed by atoms with E-state index >= 15 is 0 Å². The number of hydrogen-bond donors (Lipinski definition) is 1. The van der Waals surface area contributed by atoms with E-state index in [4.69, 9.17) is 9.47 Å². The predicted molar refractivity (Wildman–Crippen MR) is 118 cm³/mol. The van der Waals surface area contributed by atoms with Crippen LogP contribution in [0.2, 0.25) is 0 Å². The number of anilines is 1. The Hall–Kier alpha value is -2.86. The van der Waals surface area contributed by atoms with Crippen molar-refractivity contribution in [2.24, 2.45) is 0 Å². The van der Waals surface area contributed by atoms with Crippen LogP contribution in [-0.2, 0) is 4.79 Å². The highest BCUT2D eigenvalue weighted by atomic mass is 32.1. The molecule has 0 aliphatic heterocycles. The number of ether oxygens (including phenoxy) is 2. The number of aryl methyl sites for hydroxylation is 3. The van der Waals surface area contributed by atoms with Crippen molar-refractivity contribution in [3.05, 3.63) is 58.5 Å². The monoisotopic (exact) mass is 410 g/mol. The molecule has 0 fully saturated rings. The largest absolute Gasteiger partial charge is 0.497 e. The van der Waals surface area contributed by atoms with Crippen molar-refractivity contribution in [3.63, 3.8) is 0 Å². The van der Waals surface area contributed by atoms with Gasteiger partial charge >= 0.3 is 0 Å². The first-order chi connectivity index (χ1) is 14.0. The van der Waals surface area contributed by atoms with Gasteiger partial charge in [0.2, 0.25) is 5.91 Å². The fourth-order valence-electron chi connectivity index (χ4n) is 2.88. The number of thiazole rings is 1. The highest BCUT2D eigenvalue weighted by molar-refractivity contribution is 7.16. The molecule has 1 amide bonds. The maximum absolute atomic E-state index is 12.2. The number of benzene rings is 2. The summed E-state index contributed by atoms with van der Waals surface area (Å²) in [6.07, 6.45) is 1.01. The van der Waals surface area contributed by atoms with Gasteiger partial charge in [-0.15, -0.1) is 11.3 Å². The van der Waals surface area contributed by atoms with Crippen LogP contribution in [0.3, 0.4) is 0 Å². The van der Waals surface area contributed by atoms with Crippen molar-refractivity contribution in [2.75, 3.05) is 19.0 Å². The van der Waals surface area contributed by atoms with Gasteiger partial charge in [-0.2, -0.15) is 0 Å². The number of rotatable bonds is 8. The molecule has 1 heterocycles. The van der Waals surface area contributed by atoms with Gasteiger partial charge in [-0.25, -0.2) is 4.98 Å². The van der Waals surface area contributed by atoms with Crippen molar-refractivity contribution < 1.29 is 14.3 Å². The first-order valence-corrected chi connectivity index (χ1v) is 10.4. The van der Waals surface area contributed by atoms with Crippen molar-refractivity contribution in [2.45, 2.75) is 33.6 Å². The first kappa shape index (κ1) is 20.9. The quantitative estimate of drug-likeness (QED) is 0.495. The van der Waals surface area contributed by atoms with Crippen molar-refractivity contribution in [3.8, 4) is 22.8 Å². The van der Waals surface area contributed by atoms with Gasteiger partial charge in [0.15, 0.2) is 5.13 Å². The molecule has 0 bridgehead atoms. The Morgan fingerprint density at radius 2 is 1.76 bits per heavy atom. The number of carbonyl (C=O) groups excluding carboxylic acids is 1. The van der Waals surface area contributed by atoms with Gasteiger partial charge in [-0.1, -0.05) is 12.1 Å². The average Bonchev–Trinajstić information content (AvgIpc) is 3.07. The smallest absolute Gasteiger partial charge is 0.226 e. The molecule has 2 aromatic carbocycles. The Balaban J connectivity index is 1.49. The lowest BCUT2D eigenvalue weighted by Crippen LogP contribution is -2.12. The normalized spacial score (nSPS) is 10.6.